The van der Waals surface area contributed by atoms with E-state index in [0.717, 1.165) is 5.65 Å². The number of H-pyrrole nitrogens is 1. The second-order valence-electron chi connectivity index (χ2n) is 3.31. The first kappa shape index (κ1) is 9.92. The molecule has 2 aromatic rings. The Labute approximate surface area is 96.4 Å². The number of aromatic amines is 1. The predicted molar refractivity (Wildman–Crippen MR) is 66.3 cm³/mol. The van der Waals surface area contributed by atoms with Crippen LogP contribution in [0.2, 0.25) is 0 Å². The molecule has 2 aromatic heterocycles. The predicted octanol–water partition coefficient (Wildman–Crippen LogP) is 2.45. The fourth-order valence-corrected chi connectivity index (χ4v) is 1.96. The lowest BCUT2D eigenvalue weighted by Crippen LogP contribution is -2.12. The van der Waals surface area contributed by atoms with Crippen molar-refractivity contribution in [3.63, 3.8) is 0 Å². The van der Waals surface area contributed by atoms with Gasteiger partial charge in [0.1, 0.15) is 5.65 Å². The van der Waals surface area contributed by atoms with Gasteiger partial charge in [0.2, 0.25) is 0 Å². The van der Waals surface area contributed by atoms with Gasteiger partial charge in [-0.2, -0.15) is 0 Å². The molecule has 0 spiro atoms. The van der Waals surface area contributed by atoms with E-state index < -0.39 is 0 Å². The number of aromatic nitrogens is 2. The number of pyridine rings is 1. The van der Waals surface area contributed by atoms with Crippen LogP contribution in [-0.4, -0.2) is 17.0 Å². The molecule has 0 radical (unpaired) electrons. The average Bonchev–Trinajstić information content (AvgIpc) is 2.59. The average molecular weight is 301 g/mol. The first-order valence-electron chi connectivity index (χ1n) is 4.52. The van der Waals surface area contributed by atoms with E-state index in [1.807, 2.05) is 19.4 Å². The zero-order valence-electron chi connectivity index (χ0n) is 8.13. The molecule has 0 unspecified atom stereocenters. The molecule has 3 nitrogen and oxygen atoms in total. The topological polar surface area (TPSA) is 40.7 Å². The highest BCUT2D eigenvalue weighted by atomic mass is 127. The van der Waals surface area contributed by atoms with E-state index in [-0.39, 0.29) is 0 Å². The lowest BCUT2D eigenvalue weighted by molar-refractivity contribution is 0.651. The summed E-state index contributed by atoms with van der Waals surface area (Å²) >= 11 is 2.31. The molecule has 0 aliphatic rings. The van der Waals surface area contributed by atoms with Gasteiger partial charge < -0.3 is 10.3 Å². The molecule has 0 saturated carbocycles. The smallest absolute Gasteiger partial charge is 0.138 e. The molecule has 0 aromatic carbocycles. The molecule has 4 heteroatoms. The van der Waals surface area contributed by atoms with Crippen molar-refractivity contribution in [2.24, 2.45) is 0 Å². The van der Waals surface area contributed by atoms with Crippen LogP contribution in [0.5, 0.6) is 0 Å². The van der Waals surface area contributed by atoms with Crippen molar-refractivity contribution in [1.29, 1.82) is 0 Å². The van der Waals surface area contributed by atoms with E-state index in [9.17, 15) is 0 Å². The molecule has 0 saturated heterocycles. The molecule has 0 bridgehead atoms. The van der Waals surface area contributed by atoms with Crippen LogP contribution in [0, 0.1) is 3.57 Å². The molecular weight excluding hydrogens is 289 g/mol. The quantitative estimate of drug-likeness (QED) is 0.837. The Morgan fingerprint density at radius 2 is 2.36 bits per heavy atom. The number of hydrogen-bond donors (Lipinski definition) is 2. The third-order valence-electron chi connectivity index (χ3n) is 2.43. The van der Waals surface area contributed by atoms with Gasteiger partial charge in [0.15, 0.2) is 0 Å². The summed E-state index contributed by atoms with van der Waals surface area (Å²) in [6.45, 7) is 2.13. The van der Waals surface area contributed by atoms with Crippen LogP contribution in [0.4, 0.5) is 0 Å². The van der Waals surface area contributed by atoms with E-state index in [1.165, 1.54) is 14.5 Å². The number of fused-ring (bicyclic) bond motifs is 1. The third kappa shape index (κ3) is 1.64. The Kier molecular flexibility index (Phi) is 2.73. The van der Waals surface area contributed by atoms with E-state index in [0.29, 0.717) is 6.04 Å². The normalized spacial score (nSPS) is 13.4. The number of nitrogens with zero attached hydrogens (tertiary/aromatic N) is 1. The zero-order valence-corrected chi connectivity index (χ0v) is 10.3. The van der Waals surface area contributed by atoms with E-state index >= 15 is 0 Å². The van der Waals surface area contributed by atoms with Crippen LogP contribution < -0.4 is 5.32 Å². The van der Waals surface area contributed by atoms with Gasteiger partial charge in [0, 0.05) is 27.4 Å². The van der Waals surface area contributed by atoms with Gasteiger partial charge in [-0.1, -0.05) is 0 Å². The summed E-state index contributed by atoms with van der Waals surface area (Å²) in [5, 5.41) is 4.40. The molecule has 0 aliphatic heterocycles. The molecular formula is C10H12IN3. The Morgan fingerprint density at radius 1 is 1.57 bits per heavy atom. The highest BCUT2D eigenvalue weighted by Crippen LogP contribution is 2.21. The molecule has 2 N–H and O–H groups in total. The van der Waals surface area contributed by atoms with Crippen molar-refractivity contribution < 1.29 is 0 Å². The Hall–Kier alpha value is -0.620. The maximum atomic E-state index is 4.37. The number of hydrogen-bond acceptors (Lipinski definition) is 2. The maximum Gasteiger partial charge on any atom is 0.138 e. The third-order valence-corrected chi connectivity index (χ3v) is 3.33. The minimum Gasteiger partial charge on any atom is -0.345 e. The van der Waals surface area contributed by atoms with E-state index in [4.69, 9.17) is 0 Å². The van der Waals surface area contributed by atoms with E-state index in [1.54, 1.807) is 0 Å². The van der Waals surface area contributed by atoms with Gasteiger partial charge >= 0.3 is 0 Å². The Morgan fingerprint density at radius 3 is 3.07 bits per heavy atom. The van der Waals surface area contributed by atoms with Crippen molar-refractivity contribution in [2.75, 3.05) is 7.05 Å². The Bertz CT molecular complexity index is 450. The standard InChI is InChI=1S/C10H12IN3/c1-6(12-2)7-3-8-9(11)5-14-10(8)13-4-7/h3-6,12H,1-2H3,(H,13,14)/t6-/m0/s1. The highest BCUT2D eigenvalue weighted by Gasteiger charge is 2.07. The second-order valence-corrected chi connectivity index (χ2v) is 4.47. The van der Waals surface area contributed by atoms with Crippen molar-refractivity contribution >= 4 is 33.6 Å². The fourth-order valence-electron chi connectivity index (χ4n) is 1.39. The zero-order chi connectivity index (χ0) is 10.1. The molecule has 74 valence electrons. The first-order valence-corrected chi connectivity index (χ1v) is 5.60. The monoisotopic (exact) mass is 301 g/mol. The van der Waals surface area contributed by atoms with Crippen LogP contribution in [-0.2, 0) is 0 Å². The molecule has 1 atom stereocenters. The summed E-state index contributed by atoms with van der Waals surface area (Å²) in [4.78, 5) is 7.50. The maximum absolute atomic E-state index is 4.37. The lowest BCUT2D eigenvalue weighted by Gasteiger charge is -2.09. The highest BCUT2D eigenvalue weighted by molar-refractivity contribution is 14.1. The summed E-state index contributed by atoms with van der Waals surface area (Å²) in [5.74, 6) is 0. The van der Waals surface area contributed by atoms with Crippen molar-refractivity contribution in [3.05, 3.63) is 27.6 Å². The van der Waals surface area contributed by atoms with Crippen molar-refractivity contribution in [1.82, 2.24) is 15.3 Å². The molecule has 14 heavy (non-hydrogen) atoms. The summed E-state index contributed by atoms with van der Waals surface area (Å²) in [5.41, 5.74) is 2.18. The Balaban J connectivity index is 2.54. The molecule has 0 aliphatic carbocycles. The molecule has 2 rings (SSSR count). The van der Waals surface area contributed by atoms with E-state index in [2.05, 4.69) is 50.9 Å². The van der Waals surface area contributed by atoms with Crippen LogP contribution in [0.25, 0.3) is 11.0 Å². The SMILES string of the molecule is CN[C@@H](C)c1cnc2[nH]cc(I)c2c1. The largest absolute Gasteiger partial charge is 0.345 e. The van der Waals surface area contributed by atoms with Crippen LogP contribution in [0.15, 0.2) is 18.5 Å². The summed E-state index contributed by atoms with van der Waals surface area (Å²) in [6, 6.07) is 2.53. The molecule has 0 fully saturated rings. The summed E-state index contributed by atoms with van der Waals surface area (Å²) < 4.78 is 1.22. The van der Waals surface area contributed by atoms with Crippen LogP contribution >= 0.6 is 22.6 Å². The number of nitrogens with one attached hydrogen (secondary N) is 2. The van der Waals surface area contributed by atoms with Crippen LogP contribution in [0.1, 0.15) is 18.5 Å². The lowest BCUT2D eigenvalue weighted by atomic mass is 10.1. The van der Waals surface area contributed by atoms with Gasteiger partial charge in [-0.3, -0.25) is 0 Å². The van der Waals surface area contributed by atoms with Crippen molar-refractivity contribution in [2.45, 2.75) is 13.0 Å². The van der Waals surface area contributed by atoms with Crippen molar-refractivity contribution in [3.8, 4) is 0 Å². The van der Waals surface area contributed by atoms with Gasteiger partial charge in [-0.25, -0.2) is 4.98 Å². The minimum atomic E-state index is 0.345. The van der Waals surface area contributed by atoms with Crippen LogP contribution in [0.3, 0.4) is 0 Å². The fraction of sp³-hybridized carbons (Fsp3) is 0.300. The van der Waals surface area contributed by atoms with Gasteiger partial charge in [-0.15, -0.1) is 0 Å². The minimum absolute atomic E-state index is 0.345. The molecule has 2 heterocycles. The van der Waals surface area contributed by atoms with Gasteiger partial charge in [-0.05, 0) is 48.2 Å². The van der Waals surface area contributed by atoms with Gasteiger partial charge in [0.05, 0.1) is 0 Å². The molecule has 0 amide bonds. The number of rotatable bonds is 2. The van der Waals surface area contributed by atoms with Gasteiger partial charge in [0.25, 0.3) is 0 Å². The first-order chi connectivity index (χ1) is 6.72. The summed E-state index contributed by atoms with van der Waals surface area (Å²) in [7, 11) is 1.96. The number of halogens is 1. The second kappa shape index (κ2) is 3.86. The summed E-state index contributed by atoms with van der Waals surface area (Å²) in [6.07, 6.45) is 3.89.